The molecule has 1 amide bonds. The molecular formula is C17H22ClNO3S. The zero-order valence-corrected chi connectivity index (χ0v) is 14.7. The number of halogens is 1. The summed E-state index contributed by atoms with van der Waals surface area (Å²) in [5.41, 5.74) is 1.17. The molecule has 3 rings (SSSR count). The third kappa shape index (κ3) is 4.55. The summed E-state index contributed by atoms with van der Waals surface area (Å²) in [4.78, 5) is 14.2. The third-order valence-corrected chi connectivity index (χ3v) is 5.94. The number of hydrogen-bond acceptors (Lipinski definition) is 4. The zero-order valence-electron chi connectivity index (χ0n) is 13.1. The molecule has 2 aliphatic rings. The molecule has 6 heteroatoms. The highest BCUT2D eigenvalue weighted by Gasteiger charge is 2.26. The largest absolute Gasteiger partial charge is 0.446 e. The van der Waals surface area contributed by atoms with E-state index in [1.54, 1.807) is 0 Å². The van der Waals surface area contributed by atoms with Crippen molar-refractivity contribution in [3.05, 3.63) is 34.9 Å². The molecule has 0 bridgehead atoms. The molecule has 0 aromatic heterocycles. The van der Waals surface area contributed by atoms with Crippen LogP contribution in [-0.2, 0) is 9.47 Å². The van der Waals surface area contributed by atoms with Crippen LogP contribution in [0.3, 0.4) is 0 Å². The smallest absolute Gasteiger partial charge is 0.410 e. The van der Waals surface area contributed by atoms with Crippen LogP contribution < -0.4 is 0 Å². The molecule has 1 unspecified atom stereocenters. The van der Waals surface area contributed by atoms with Crippen molar-refractivity contribution >= 4 is 29.5 Å². The lowest BCUT2D eigenvalue weighted by Crippen LogP contribution is -2.37. The summed E-state index contributed by atoms with van der Waals surface area (Å²) in [5, 5.41) is 1.15. The van der Waals surface area contributed by atoms with Crippen LogP contribution in [0.5, 0.6) is 0 Å². The number of carbonyl (C=O) groups excluding carboxylic acids is 1. The van der Waals surface area contributed by atoms with E-state index >= 15 is 0 Å². The molecule has 0 saturated carbocycles. The Bertz CT molecular complexity index is 536. The Labute approximate surface area is 146 Å². The second-order valence-electron chi connectivity index (χ2n) is 5.85. The van der Waals surface area contributed by atoms with E-state index in [-0.39, 0.29) is 12.2 Å². The normalized spacial score (nSPS) is 23.3. The Morgan fingerprint density at radius 2 is 2.00 bits per heavy atom. The first-order valence-corrected chi connectivity index (χ1v) is 9.56. The summed E-state index contributed by atoms with van der Waals surface area (Å²) < 4.78 is 10.9. The van der Waals surface area contributed by atoms with Gasteiger partial charge in [0.2, 0.25) is 0 Å². The third-order valence-electron chi connectivity index (χ3n) is 4.29. The molecule has 0 N–H and O–H groups in total. The van der Waals surface area contributed by atoms with E-state index in [2.05, 4.69) is 6.07 Å². The Kier molecular flexibility index (Phi) is 6.08. The highest BCUT2D eigenvalue weighted by Crippen LogP contribution is 2.37. The van der Waals surface area contributed by atoms with Crippen LogP contribution in [0.25, 0.3) is 0 Å². The molecule has 23 heavy (non-hydrogen) atoms. The summed E-state index contributed by atoms with van der Waals surface area (Å²) in [6, 6.07) is 7.98. The maximum Gasteiger partial charge on any atom is 0.410 e. The monoisotopic (exact) mass is 355 g/mol. The van der Waals surface area contributed by atoms with Crippen molar-refractivity contribution in [2.24, 2.45) is 0 Å². The summed E-state index contributed by atoms with van der Waals surface area (Å²) in [6.45, 7) is 2.81. The van der Waals surface area contributed by atoms with Gasteiger partial charge in [-0.05, 0) is 18.1 Å². The summed E-state index contributed by atoms with van der Waals surface area (Å²) >= 11 is 8.17. The van der Waals surface area contributed by atoms with E-state index in [0.29, 0.717) is 25.0 Å². The highest BCUT2D eigenvalue weighted by molar-refractivity contribution is 7.99. The van der Waals surface area contributed by atoms with Crippen molar-refractivity contribution in [1.29, 1.82) is 0 Å². The number of amides is 1. The maximum atomic E-state index is 12.4. The van der Waals surface area contributed by atoms with Gasteiger partial charge >= 0.3 is 6.09 Å². The Morgan fingerprint density at radius 1 is 1.22 bits per heavy atom. The predicted octanol–water partition coefficient (Wildman–Crippen LogP) is 4.14. The molecule has 0 spiro atoms. The van der Waals surface area contributed by atoms with Gasteiger partial charge in [0.1, 0.15) is 6.10 Å². The quantitative estimate of drug-likeness (QED) is 0.799. The molecule has 1 atom stereocenters. The Hall–Kier alpha value is -0.910. The number of carbonyl (C=O) groups is 1. The first-order chi connectivity index (χ1) is 11.2. The fourth-order valence-corrected chi connectivity index (χ4v) is 4.55. The fraction of sp³-hybridized carbons (Fsp3) is 0.588. The van der Waals surface area contributed by atoms with Crippen molar-refractivity contribution in [3.63, 3.8) is 0 Å². The van der Waals surface area contributed by atoms with Crippen LogP contribution in [-0.4, -0.2) is 49.2 Å². The minimum Gasteiger partial charge on any atom is -0.446 e. The summed E-state index contributed by atoms with van der Waals surface area (Å²) in [6.07, 6.45) is 2.33. The molecule has 2 saturated heterocycles. The van der Waals surface area contributed by atoms with E-state index in [1.165, 1.54) is 5.56 Å². The number of ether oxygens (including phenoxy) is 2. The van der Waals surface area contributed by atoms with Gasteiger partial charge in [0.15, 0.2) is 0 Å². The lowest BCUT2D eigenvalue weighted by Gasteiger charge is -2.26. The molecule has 1 aromatic carbocycles. The van der Waals surface area contributed by atoms with Gasteiger partial charge in [-0.2, -0.15) is 11.8 Å². The molecule has 0 aliphatic carbocycles. The SMILES string of the molecule is O=C(OC1CCOCC1)N1CCSC(c2ccccc2Cl)CC1. The number of hydrogen-bond donors (Lipinski definition) is 0. The van der Waals surface area contributed by atoms with Gasteiger partial charge < -0.3 is 14.4 Å². The van der Waals surface area contributed by atoms with Crippen molar-refractivity contribution in [3.8, 4) is 0 Å². The maximum absolute atomic E-state index is 12.4. The summed E-state index contributed by atoms with van der Waals surface area (Å²) in [5.74, 6) is 0.902. The van der Waals surface area contributed by atoms with Crippen LogP contribution in [0.2, 0.25) is 5.02 Å². The second-order valence-corrected chi connectivity index (χ2v) is 7.57. The molecule has 0 radical (unpaired) electrons. The average Bonchev–Trinajstić information content (AvgIpc) is 2.82. The van der Waals surface area contributed by atoms with Gasteiger partial charge in [-0.25, -0.2) is 4.79 Å². The first-order valence-electron chi connectivity index (χ1n) is 8.13. The second kappa shape index (κ2) is 8.27. The fourth-order valence-electron chi connectivity index (χ4n) is 2.95. The predicted molar refractivity (Wildman–Crippen MR) is 93.2 cm³/mol. The van der Waals surface area contributed by atoms with Crippen LogP contribution in [0.15, 0.2) is 24.3 Å². The van der Waals surface area contributed by atoms with Crippen LogP contribution in [0.1, 0.15) is 30.1 Å². The molecular weight excluding hydrogens is 334 g/mol. The van der Waals surface area contributed by atoms with E-state index in [9.17, 15) is 4.79 Å². The van der Waals surface area contributed by atoms with E-state index in [4.69, 9.17) is 21.1 Å². The minimum absolute atomic E-state index is 0.00604. The van der Waals surface area contributed by atoms with Crippen molar-refractivity contribution < 1.29 is 14.3 Å². The Balaban J connectivity index is 1.55. The zero-order chi connectivity index (χ0) is 16.1. The topological polar surface area (TPSA) is 38.8 Å². The molecule has 2 fully saturated rings. The van der Waals surface area contributed by atoms with Crippen molar-refractivity contribution in [2.45, 2.75) is 30.6 Å². The lowest BCUT2D eigenvalue weighted by atomic mass is 10.1. The van der Waals surface area contributed by atoms with Gasteiger partial charge in [-0.1, -0.05) is 29.8 Å². The molecule has 1 aromatic rings. The van der Waals surface area contributed by atoms with E-state index in [1.807, 2.05) is 34.9 Å². The van der Waals surface area contributed by atoms with Gasteiger partial charge in [-0.3, -0.25) is 0 Å². The number of thioether (sulfide) groups is 1. The van der Waals surface area contributed by atoms with Gasteiger partial charge in [0.05, 0.1) is 13.2 Å². The van der Waals surface area contributed by atoms with Gasteiger partial charge in [-0.15, -0.1) is 0 Å². The molecule has 2 aliphatic heterocycles. The number of benzene rings is 1. The van der Waals surface area contributed by atoms with E-state index in [0.717, 1.165) is 36.6 Å². The van der Waals surface area contributed by atoms with Crippen molar-refractivity contribution in [1.82, 2.24) is 4.90 Å². The number of rotatable bonds is 2. The lowest BCUT2D eigenvalue weighted by molar-refractivity contribution is -0.00961. The summed E-state index contributed by atoms with van der Waals surface area (Å²) in [7, 11) is 0. The minimum atomic E-state index is -0.183. The average molecular weight is 356 g/mol. The number of nitrogens with zero attached hydrogens (tertiary/aromatic N) is 1. The molecule has 4 nitrogen and oxygen atoms in total. The molecule has 126 valence electrons. The van der Waals surface area contributed by atoms with Crippen LogP contribution in [0, 0.1) is 0 Å². The van der Waals surface area contributed by atoms with Crippen LogP contribution >= 0.6 is 23.4 Å². The first kappa shape index (κ1) is 16.9. The Morgan fingerprint density at radius 3 is 2.78 bits per heavy atom. The standard InChI is InChI=1S/C17H22ClNO3S/c18-15-4-2-1-3-14(15)16-5-8-19(9-12-23-16)17(20)22-13-6-10-21-11-7-13/h1-4,13,16H,5-12H2. The van der Waals surface area contributed by atoms with Gasteiger partial charge in [0, 0.05) is 42.0 Å². The van der Waals surface area contributed by atoms with Gasteiger partial charge in [0.25, 0.3) is 0 Å². The highest BCUT2D eigenvalue weighted by atomic mass is 35.5. The van der Waals surface area contributed by atoms with Crippen molar-refractivity contribution in [2.75, 3.05) is 32.1 Å². The van der Waals surface area contributed by atoms with E-state index < -0.39 is 0 Å². The molecule has 2 heterocycles. The van der Waals surface area contributed by atoms with Crippen LogP contribution in [0.4, 0.5) is 4.79 Å².